The van der Waals surface area contributed by atoms with Gasteiger partial charge in [-0.25, -0.2) is 8.42 Å². The van der Waals surface area contributed by atoms with Crippen molar-refractivity contribution in [3.63, 3.8) is 0 Å². The molecule has 1 aromatic carbocycles. The van der Waals surface area contributed by atoms with Gasteiger partial charge in [-0.15, -0.1) is 0 Å². The fourth-order valence-corrected chi connectivity index (χ4v) is 5.42. The highest BCUT2D eigenvalue weighted by Gasteiger charge is 2.28. The van der Waals surface area contributed by atoms with Gasteiger partial charge in [0.1, 0.15) is 5.76 Å². The van der Waals surface area contributed by atoms with Crippen molar-refractivity contribution in [1.82, 2.24) is 9.29 Å². The van der Waals surface area contributed by atoms with E-state index in [1.54, 1.807) is 48.8 Å². The van der Waals surface area contributed by atoms with Crippen LogP contribution in [-0.4, -0.2) is 17.7 Å². The van der Waals surface area contributed by atoms with E-state index in [0.717, 1.165) is 10.0 Å². The first kappa shape index (κ1) is 18.3. The van der Waals surface area contributed by atoms with Gasteiger partial charge in [0.25, 0.3) is 0 Å². The second kappa shape index (κ2) is 7.82. The standard InChI is InChI=1S/C17H14Br2N2O3S/c18-14-5-6-17(16(19)9-14)25(22,23)21(12-15-4-2-8-24-15)11-13-3-1-7-20-10-13/h1-10H,11-12H2. The summed E-state index contributed by atoms with van der Waals surface area (Å²) in [5.41, 5.74) is 0.797. The Hall–Kier alpha value is -1.48. The lowest BCUT2D eigenvalue weighted by atomic mass is 10.3. The van der Waals surface area contributed by atoms with Crippen LogP contribution in [0.4, 0.5) is 0 Å². The first-order valence-corrected chi connectivity index (χ1v) is 10.4. The minimum absolute atomic E-state index is 0.132. The van der Waals surface area contributed by atoms with Crippen LogP contribution in [0, 0.1) is 0 Å². The summed E-state index contributed by atoms with van der Waals surface area (Å²) >= 11 is 6.68. The molecule has 0 saturated carbocycles. The van der Waals surface area contributed by atoms with Gasteiger partial charge in [0.2, 0.25) is 10.0 Å². The number of pyridine rings is 1. The zero-order chi connectivity index (χ0) is 17.9. The maximum atomic E-state index is 13.2. The first-order valence-electron chi connectivity index (χ1n) is 7.33. The molecule has 130 valence electrons. The molecule has 0 N–H and O–H groups in total. The van der Waals surface area contributed by atoms with Crippen LogP contribution in [0.3, 0.4) is 0 Å². The van der Waals surface area contributed by atoms with Crippen LogP contribution in [0.5, 0.6) is 0 Å². The molecule has 0 radical (unpaired) electrons. The molecule has 8 heteroatoms. The summed E-state index contributed by atoms with van der Waals surface area (Å²) in [4.78, 5) is 4.26. The first-order chi connectivity index (χ1) is 12.0. The highest BCUT2D eigenvalue weighted by atomic mass is 79.9. The van der Waals surface area contributed by atoms with Gasteiger partial charge in [0.05, 0.1) is 17.7 Å². The van der Waals surface area contributed by atoms with Crippen LogP contribution >= 0.6 is 31.9 Å². The molecule has 0 aliphatic heterocycles. The van der Waals surface area contributed by atoms with Gasteiger partial charge in [-0.2, -0.15) is 4.31 Å². The number of halogens is 2. The smallest absolute Gasteiger partial charge is 0.244 e. The molecular weight excluding hydrogens is 472 g/mol. The lowest BCUT2D eigenvalue weighted by Crippen LogP contribution is -2.30. The predicted molar refractivity (Wildman–Crippen MR) is 101 cm³/mol. The van der Waals surface area contributed by atoms with Gasteiger partial charge in [-0.1, -0.05) is 22.0 Å². The Kier molecular flexibility index (Phi) is 5.73. The fourth-order valence-electron chi connectivity index (χ4n) is 2.32. The number of nitrogens with zero attached hydrogens (tertiary/aromatic N) is 2. The number of benzene rings is 1. The third-order valence-electron chi connectivity index (χ3n) is 3.51. The summed E-state index contributed by atoms with van der Waals surface area (Å²) in [7, 11) is -3.74. The second-order valence-electron chi connectivity index (χ2n) is 5.29. The van der Waals surface area contributed by atoms with E-state index in [2.05, 4.69) is 36.8 Å². The zero-order valence-electron chi connectivity index (χ0n) is 13.0. The Morgan fingerprint density at radius 1 is 1.08 bits per heavy atom. The summed E-state index contributed by atoms with van der Waals surface area (Å²) in [6.07, 6.45) is 4.83. The van der Waals surface area contributed by atoms with E-state index in [9.17, 15) is 8.42 Å². The summed E-state index contributed by atoms with van der Waals surface area (Å²) in [5.74, 6) is 0.570. The second-order valence-corrected chi connectivity index (χ2v) is 8.96. The monoisotopic (exact) mass is 484 g/mol. The summed E-state index contributed by atoms with van der Waals surface area (Å²) in [6.45, 7) is 0.326. The summed E-state index contributed by atoms with van der Waals surface area (Å²) < 4.78 is 34.4. The molecule has 5 nitrogen and oxygen atoms in total. The molecule has 0 spiro atoms. The van der Waals surface area contributed by atoms with Crippen molar-refractivity contribution in [1.29, 1.82) is 0 Å². The number of hydrogen-bond donors (Lipinski definition) is 0. The summed E-state index contributed by atoms with van der Waals surface area (Å²) in [5, 5.41) is 0. The van der Waals surface area contributed by atoms with Crippen molar-refractivity contribution in [2.24, 2.45) is 0 Å². The van der Waals surface area contributed by atoms with Crippen molar-refractivity contribution in [3.05, 3.63) is 81.4 Å². The molecular formula is C17H14Br2N2O3S. The van der Waals surface area contributed by atoms with Crippen molar-refractivity contribution in [3.8, 4) is 0 Å². The number of hydrogen-bond acceptors (Lipinski definition) is 4. The molecule has 0 atom stereocenters. The van der Waals surface area contributed by atoms with Crippen molar-refractivity contribution < 1.29 is 12.8 Å². The number of rotatable bonds is 6. The zero-order valence-corrected chi connectivity index (χ0v) is 17.0. The van der Waals surface area contributed by atoms with Crippen LogP contribution < -0.4 is 0 Å². The Morgan fingerprint density at radius 2 is 1.92 bits per heavy atom. The van der Waals surface area contributed by atoms with Crippen LogP contribution in [0.1, 0.15) is 11.3 Å². The quantitative estimate of drug-likeness (QED) is 0.512. The molecule has 0 saturated heterocycles. The predicted octanol–water partition coefficient (Wildman–Crippen LogP) is 4.59. The van der Waals surface area contributed by atoms with E-state index in [-0.39, 0.29) is 18.0 Å². The van der Waals surface area contributed by atoms with E-state index >= 15 is 0 Å². The molecule has 0 aliphatic rings. The van der Waals surface area contributed by atoms with Gasteiger partial charge in [-0.3, -0.25) is 4.98 Å². The van der Waals surface area contributed by atoms with E-state index in [1.807, 2.05) is 6.07 Å². The average Bonchev–Trinajstić information content (AvgIpc) is 3.08. The van der Waals surface area contributed by atoms with Gasteiger partial charge in [-0.05, 0) is 57.9 Å². The average molecular weight is 486 g/mol. The van der Waals surface area contributed by atoms with Crippen molar-refractivity contribution in [2.75, 3.05) is 0 Å². The minimum Gasteiger partial charge on any atom is -0.468 e. The van der Waals surface area contributed by atoms with Crippen LogP contribution in [-0.2, 0) is 23.1 Å². The molecule has 0 unspecified atom stereocenters. The maximum Gasteiger partial charge on any atom is 0.244 e. The molecule has 2 heterocycles. The Bertz CT molecular complexity index is 945. The van der Waals surface area contributed by atoms with Crippen molar-refractivity contribution in [2.45, 2.75) is 18.0 Å². The highest BCUT2D eigenvalue weighted by Crippen LogP contribution is 2.29. The SMILES string of the molecule is O=S(=O)(c1ccc(Br)cc1Br)N(Cc1cccnc1)Cc1ccco1. The van der Waals surface area contributed by atoms with Gasteiger partial charge >= 0.3 is 0 Å². The Morgan fingerprint density at radius 3 is 2.56 bits per heavy atom. The largest absolute Gasteiger partial charge is 0.468 e. The number of aromatic nitrogens is 1. The summed E-state index contributed by atoms with van der Waals surface area (Å²) in [6, 6.07) is 12.1. The normalized spacial score (nSPS) is 11.8. The van der Waals surface area contributed by atoms with Gasteiger partial charge in [0.15, 0.2) is 0 Å². The number of sulfonamides is 1. The third kappa shape index (κ3) is 4.38. The van der Waals surface area contributed by atoms with Crippen molar-refractivity contribution >= 4 is 41.9 Å². The Balaban J connectivity index is 1.99. The van der Waals surface area contributed by atoms with Crippen LogP contribution in [0.15, 0.2) is 79.4 Å². The lowest BCUT2D eigenvalue weighted by molar-refractivity contribution is 0.358. The van der Waals surface area contributed by atoms with E-state index in [1.165, 1.54) is 10.6 Å². The van der Waals surface area contributed by atoms with E-state index < -0.39 is 10.0 Å². The molecule has 2 aromatic heterocycles. The molecule has 25 heavy (non-hydrogen) atoms. The van der Waals surface area contributed by atoms with Gasteiger partial charge in [0, 0.05) is 27.9 Å². The molecule has 3 rings (SSSR count). The maximum absolute atomic E-state index is 13.2. The lowest BCUT2D eigenvalue weighted by Gasteiger charge is -2.22. The van der Waals surface area contributed by atoms with E-state index in [4.69, 9.17) is 4.42 Å². The highest BCUT2D eigenvalue weighted by molar-refractivity contribution is 9.11. The van der Waals surface area contributed by atoms with Crippen LogP contribution in [0.2, 0.25) is 0 Å². The Labute approximate surface area is 163 Å². The van der Waals surface area contributed by atoms with E-state index in [0.29, 0.717) is 10.2 Å². The number of furan rings is 1. The third-order valence-corrected chi connectivity index (χ3v) is 6.77. The topological polar surface area (TPSA) is 63.4 Å². The molecule has 0 aliphatic carbocycles. The molecule has 0 fully saturated rings. The fraction of sp³-hybridized carbons (Fsp3) is 0.118. The van der Waals surface area contributed by atoms with Gasteiger partial charge < -0.3 is 4.42 Å². The molecule has 0 bridgehead atoms. The minimum atomic E-state index is -3.74. The molecule has 3 aromatic rings. The molecule has 0 amide bonds. The van der Waals surface area contributed by atoms with Crippen LogP contribution in [0.25, 0.3) is 0 Å².